The monoisotopic (exact) mass is 482 g/mol. The molecule has 3 aromatic rings. The molecule has 0 atom stereocenters. The zero-order valence-corrected chi connectivity index (χ0v) is 19.3. The number of hydrogen-bond acceptors (Lipinski definition) is 5. The third kappa shape index (κ3) is 5.53. The van der Waals surface area contributed by atoms with E-state index in [1.165, 1.54) is 11.3 Å². The topological polar surface area (TPSA) is 105 Å². The quantitative estimate of drug-likeness (QED) is 0.477. The largest absolute Gasteiger partial charge is 0.371 e. The summed E-state index contributed by atoms with van der Waals surface area (Å²) in [6.07, 6.45) is 1.49. The first-order chi connectivity index (χ1) is 15.9. The maximum Gasteiger partial charge on any atom is 0.265 e. The van der Waals surface area contributed by atoms with E-state index in [1.807, 2.05) is 29.6 Å². The Kier molecular flexibility index (Phi) is 6.96. The predicted molar refractivity (Wildman–Crippen MR) is 132 cm³/mol. The van der Waals surface area contributed by atoms with Crippen LogP contribution in [0.25, 0.3) is 0 Å². The standard InChI is InChI=1S/C24H23ClN4O3S/c25-19-8-3-16(14-20(19)28-24(32)21-2-1-13-33-21)23(31)27-17-4-6-18(7-5-17)29-11-9-15(10-12-29)22(26)30/h1-8,13-15H,9-12H2,(H2,26,30)(H,27,31)(H,28,32). The Morgan fingerprint density at radius 2 is 1.70 bits per heavy atom. The molecule has 1 aliphatic rings. The van der Waals surface area contributed by atoms with Gasteiger partial charge in [0.05, 0.1) is 15.6 Å². The molecule has 170 valence electrons. The SMILES string of the molecule is NC(=O)C1CCN(c2ccc(NC(=O)c3ccc(Cl)c(NC(=O)c4cccs4)c3)cc2)CC1. The number of piperidine rings is 1. The highest BCUT2D eigenvalue weighted by Gasteiger charge is 2.23. The van der Waals surface area contributed by atoms with Crippen LogP contribution in [0.3, 0.4) is 0 Å². The first kappa shape index (κ1) is 22.8. The third-order valence-corrected chi connectivity index (χ3v) is 6.81. The van der Waals surface area contributed by atoms with Gasteiger partial charge in [-0.3, -0.25) is 14.4 Å². The minimum Gasteiger partial charge on any atom is -0.371 e. The zero-order valence-electron chi connectivity index (χ0n) is 17.7. The lowest BCUT2D eigenvalue weighted by molar-refractivity contribution is -0.122. The van der Waals surface area contributed by atoms with Gasteiger partial charge < -0.3 is 21.3 Å². The van der Waals surface area contributed by atoms with Crippen LogP contribution >= 0.6 is 22.9 Å². The van der Waals surface area contributed by atoms with Crippen molar-refractivity contribution in [3.05, 3.63) is 75.4 Å². The van der Waals surface area contributed by atoms with Gasteiger partial charge >= 0.3 is 0 Å². The normalized spacial score (nSPS) is 14.0. The van der Waals surface area contributed by atoms with Crippen molar-refractivity contribution in [1.29, 1.82) is 0 Å². The van der Waals surface area contributed by atoms with Gasteiger partial charge in [0, 0.05) is 35.9 Å². The molecule has 1 aliphatic heterocycles. The van der Waals surface area contributed by atoms with Crippen LogP contribution in [0.15, 0.2) is 60.0 Å². The number of nitrogens with one attached hydrogen (secondary N) is 2. The Morgan fingerprint density at radius 3 is 2.33 bits per heavy atom. The number of amides is 3. The minimum absolute atomic E-state index is 0.0563. The van der Waals surface area contributed by atoms with Crippen LogP contribution in [0.4, 0.5) is 17.1 Å². The van der Waals surface area contributed by atoms with Crippen LogP contribution in [0.1, 0.15) is 32.9 Å². The molecule has 1 aromatic heterocycles. The van der Waals surface area contributed by atoms with Crippen molar-refractivity contribution >= 4 is 57.7 Å². The molecule has 0 aliphatic carbocycles. The number of thiophene rings is 1. The second-order valence-electron chi connectivity index (χ2n) is 7.79. The van der Waals surface area contributed by atoms with Gasteiger partial charge in [-0.2, -0.15) is 0 Å². The van der Waals surface area contributed by atoms with E-state index < -0.39 is 0 Å². The summed E-state index contributed by atoms with van der Waals surface area (Å²) in [5.74, 6) is -0.878. The van der Waals surface area contributed by atoms with Crippen LogP contribution in [-0.2, 0) is 4.79 Å². The maximum atomic E-state index is 12.8. The van der Waals surface area contributed by atoms with Crippen LogP contribution < -0.4 is 21.3 Å². The summed E-state index contributed by atoms with van der Waals surface area (Å²) in [6, 6.07) is 15.8. The van der Waals surface area contributed by atoms with Gasteiger partial charge in [0.25, 0.3) is 11.8 Å². The van der Waals surface area contributed by atoms with Crippen molar-refractivity contribution in [1.82, 2.24) is 0 Å². The molecule has 2 heterocycles. The van der Waals surface area contributed by atoms with Crippen LogP contribution in [0.2, 0.25) is 5.02 Å². The van der Waals surface area contributed by atoms with Crippen molar-refractivity contribution in [3.8, 4) is 0 Å². The summed E-state index contributed by atoms with van der Waals surface area (Å²) >= 11 is 7.53. The average molecular weight is 483 g/mol. The van der Waals surface area contributed by atoms with E-state index in [9.17, 15) is 14.4 Å². The highest BCUT2D eigenvalue weighted by Crippen LogP contribution is 2.27. The number of hydrogen-bond donors (Lipinski definition) is 3. The van der Waals surface area contributed by atoms with Crippen LogP contribution in [0, 0.1) is 5.92 Å². The Morgan fingerprint density at radius 1 is 0.970 bits per heavy atom. The molecule has 0 radical (unpaired) electrons. The molecule has 3 amide bonds. The Balaban J connectivity index is 1.39. The molecule has 9 heteroatoms. The molecule has 33 heavy (non-hydrogen) atoms. The molecule has 7 nitrogen and oxygen atoms in total. The molecule has 0 bridgehead atoms. The first-order valence-electron chi connectivity index (χ1n) is 10.5. The maximum absolute atomic E-state index is 12.8. The fraction of sp³-hybridized carbons (Fsp3) is 0.208. The number of anilines is 3. The molecular formula is C24H23ClN4O3S. The number of halogens is 1. The number of rotatable bonds is 6. The molecule has 1 saturated heterocycles. The number of nitrogens with two attached hydrogens (primary N) is 1. The second-order valence-corrected chi connectivity index (χ2v) is 9.15. The molecule has 0 spiro atoms. The highest BCUT2D eigenvalue weighted by molar-refractivity contribution is 7.12. The molecule has 4 N–H and O–H groups in total. The number of nitrogens with zero attached hydrogens (tertiary/aromatic N) is 1. The van der Waals surface area contributed by atoms with E-state index >= 15 is 0 Å². The van der Waals surface area contributed by atoms with Crippen LogP contribution in [-0.4, -0.2) is 30.8 Å². The summed E-state index contributed by atoms with van der Waals surface area (Å²) in [6.45, 7) is 1.54. The minimum atomic E-state index is -0.312. The van der Waals surface area contributed by atoms with Gasteiger partial charge in [0.15, 0.2) is 0 Å². The van der Waals surface area contributed by atoms with Crippen molar-refractivity contribution in [2.45, 2.75) is 12.8 Å². The Hall–Kier alpha value is -3.36. The summed E-state index contributed by atoms with van der Waals surface area (Å²) in [5, 5.41) is 7.78. The number of benzene rings is 2. The molecule has 1 fully saturated rings. The van der Waals surface area contributed by atoms with Gasteiger partial charge in [-0.1, -0.05) is 17.7 Å². The van der Waals surface area contributed by atoms with Gasteiger partial charge in [-0.25, -0.2) is 0 Å². The van der Waals surface area contributed by atoms with Crippen molar-refractivity contribution in [2.75, 3.05) is 28.6 Å². The fourth-order valence-corrected chi connectivity index (χ4v) is 4.52. The number of carbonyl (C=O) groups excluding carboxylic acids is 3. The molecule has 0 unspecified atom stereocenters. The smallest absolute Gasteiger partial charge is 0.265 e. The van der Waals surface area contributed by atoms with E-state index in [1.54, 1.807) is 30.3 Å². The molecular weight excluding hydrogens is 460 g/mol. The first-order valence-corrected chi connectivity index (χ1v) is 11.8. The molecule has 0 saturated carbocycles. The molecule has 2 aromatic carbocycles. The fourth-order valence-electron chi connectivity index (χ4n) is 3.74. The van der Waals surface area contributed by atoms with E-state index in [4.69, 9.17) is 17.3 Å². The summed E-state index contributed by atoms with van der Waals surface area (Å²) in [7, 11) is 0. The lowest BCUT2D eigenvalue weighted by Crippen LogP contribution is -2.38. The lowest BCUT2D eigenvalue weighted by Gasteiger charge is -2.32. The van der Waals surface area contributed by atoms with E-state index in [0.717, 1.165) is 31.6 Å². The third-order valence-electron chi connectivity index (χ3n) is 5.61. The van der Waals surface area contributed by atoms with E-state index in [0.29, 0.717) is 26.8 Å². The predicted octanol–water partition coefficient (Wildman–Crippen LogP) is 4.61. The zero-order chi connectivity index (χ0) is 23.4. The molecule has 4 rings (SSSR count). The van der Waals surface area contributed by atoms with E-state index in [-0.39, 0.29) is 23.6 Å². The highest BCUT2D eigenvalue weighted by atomic mass is 35.5. The van der Waals surface area contributed by atoms with E-state index in [2.05, 4.69) is 15.5 Å². The van der Waals surface area contributed by atoms with Crippen molar-refractivity contribution in [3.63, 3.8) is 0 Å². The van der Waals surface area contributed by atoms with Gasteiger partial charge in [-0.05, 0) is 66.8 Å². The van der Waals surface area contributed by atoms with Crippen molar-refractivity contribution < 1.29 is 14.4 Å². The Bertz CT molecular complexity index is 1160. The summed E-state index contributed by atoms with van der Waals surface area (Å²) < 4.78 is 0. The summed E-state index contributed by atoms with van der Waals surface area (Å²) in [5.41, 5.74) is 7.83. The van der Waals surface area contributed by atoms with Gasteiger partial charge in [0.1, 0.15) is 0 Å². The van der Waals surface area contributed by atoms with Crippen LogP contribution in [0.5, 0.6) is 0 Å². The number of carbonyl (C=O) groups is 3. The summed E-state index contributed by atoms with van der Waals surface area (Å²) in [4.78, 5) is 39.2. The lowest BCUT2D eigenvalue weighted by atomic mass is 9.96. The van der Waals surface area contributed by atoms with Crippen molar-refractivity contribution in [2.24, 2.45) is 11.7 Å². The second kappa shape index (κ2) is 10.1. The average Bonchev–Trinajstić information content (AvgIpc) is 3.36. The van der Waals surface area contributed by atoms with Gasteiger partial charge in [0.2, 0.25) is 5.91 Å². The number of primary amides is 1. The van der Waals surface area contributed by atoms with Gasteiger partial charge in [-0.15, -0.1) is 11.3 Å². The Labute approximate surface area is 200 Å².